The van der Waals surface area contributed by atoms with Crippen molar-refractivity contribution in [3.05, 3.63) is 41.5 Å². The van der Waals surface area contributed by atoms with Crippen molar-refractivity contribution in [2.24, 2.45) is 5.92 Å². The summed E-state index contributed by atoms with van der Waals surface area (Å²) in [4.78, 5) is 11.9. The Hall–Kier alpha value is -1.94. The molecule has 1 fully saturated rings. The highest BCUT2D eigenvalue weighted by molar-refractivity contribution is 7.99. The van der Waals surface area contributed by atoms with E-state index < -0.39 is 9.84 Å². The highest BCUT2D eigenvalue weighted by Gasteiger charge is 2.29. The molecule has 146 valence electrons. The van der Waals surface area contributed by atoms with E-state index in [9.17, 15) is 17.6 Å². The number of nitrogens with zero attached hydrogens (tertiary/aromatic N) is 2. The van der Waals surface area contributed by atoms with Crippen molar-refractivity contribution in [3.8, 4) is 0 Å². The third-order valence-electron chi connectivity index (χ3n) is 4.21. The first-order valence-electron chi connectivity index (χ1n) is 8.56. The molecule has 1 aromatic heterocycles. The molecular formula is C17H20FN3O4S2. The molecule has 0 radical (unpaired) electrons. The summed E-state index contributed by atoms with van der Waals surface area (Å²) in [6.07, 6.45) is 1.67. The van der Waals surface area contributed by atoms with Crippen molar-refractivity contribution in [2.75, 3.05) is 23.8 Å². The van der Waals surface area contributed by atoms with Gasteiger partial charge in [0.2, 0.25) is 11.8 Å². The molecular weight excluding hydrogens is 393 g/mol. The number of rotatable bonds is 8. The molecule has 0 saturated carbocycles. The molecule has 2 heterocycles. The Morgan fingerprint density at radius 3 is 2.78 bits per heavy atom. The van der Waals surface area contributed by atoms with Gasteiger partial charge in [0.15, 0.2) is 9.84 Å². The predicted molar refractivity (Wildman–Crippen MR) is 98.6 cm³/mol. The second kappa shape index (κ2) is 8.83. The standard InChI is InChI=1S/C17H20FN3O4S2/c18-14-3-1-12(2-4-14)5-7-19-15(22)10-26-17-21-20-16(25-17)9-13-6-8-27(23,24)11-13/h1-4,13H,5-11H2,(H,19,22)/t13-/m1/s1. The van der Waals surface area contributed by atoms with Crippen LogP contribution < -0.4 is 5.32 Å². The summed E-state index contributed by atoms with van der Waals surface area (Å²) >= 11 is 1.14. The van der Waals surface area contributed by atoms with E-state index in [2.05, 4.69) is 15.5 Å². The number of carbonyl (C=O) groups is 1. The van der Waals surface area contributed by atoms with Gasteiger partial charge in [0, 0.05) is 13.0 Å². The number of nitrogens with one attached hydrogen (secondary N) is 1. The lowest BCUT2D eigenvalue weighted by Crippen LogP contribution is -2.27. The van der Waals surface area contributed by atoms with Crippen molar-refractivity contribution in [1.29, 1.82) is 0 Å². The normalized spacial score (nSPS) is 18.5. The average molecular weight is 413 g/mol. The molecule has 0 spiro atoms. The fraction of sp³-hybridized carbons (Fsp3) is 0.471. The Morgan fingerprint density at radius 1 is 1.30 bits per heavy atom. The quantitative estimate of drug-likeness (QED) is 0.656. The van der Waals surface area contributed by atoms with E-state index in [-0.39, 0.29) is 34.9 Å². The monoisotopic (exact) mass is 413 g/mol. The summed E-state index contributed by atoms with van der Waals surface area (Å²) in [5.41, 5.74) is 0.944. The summed E-state index contributed by atoms with van der Waals surface area (Å²) in [6, 6.07) is 6.15. The summed E-state index contributed by atoms with van der Waals surface area (Å²) < 4.78 is 41.3. The number of aromatic nitrogens is 2. The van der Waals surface area contributed by atoms with Crippen molar-refractivity contribution in [1.82, 2.24) is 15.5 Å². The maximum atomic E-state index is 12.8. The SMILES string of the molecule is O=C(CSc1nnc(C[C@H]2CCS(=O)(=O)C2)o1)NCCc1ccc(F)cc1. The lowest BCUT2D eigenvalue weighted by atomic mass is 10.1. The molecule has 1 aliphatic heterocycles. The number of halogens is 1. The van der Waals surface area contributed by atoms with Crippen molar-refractivity contribution >= 4 is 27.5 Å². The minimum Gasteiger partial charge on any atom is -0.416 e. The van der Waals surface area contributed by atoms with Gasteiger partial charge in [-0.1, -0.05) is 23.9 Å². The number of hydrogen-bond acceptors (Lipinski definition) is 7. The minimum absolute atomic E-state index is 0.0167. The zero-order valence-corrected chi connectivity index (χ0v) is 16.2. The molecule has 7 nitrogen and oxygen atoms in total. The molecule has 3 rings (SSSR count). The lowest BCUT2D eigenvalue weighted by molar-refractivity contribution is -0.118. The van der Waals surface area contributed by atoms with E-state index in [4.69, 9.17) is 4.42 Å². The molecule has 27 heavy (non-hydrogen) atoms. The van der Waals surface area contributed by atoms with Gasteiger partial charge in [-0.3, -0.25) is 4.79 Å². The van der Waals surface area contributed by atoms with E-state index in [0.717, 1.165) is 17.3 Å². The van der Waals surface area contributed by atoms with Crippen LogP contribution in [-0.2, 0) is 27.5 Å². The third-order valence-corrected chi connectivity index (χ3v) is 6.87. The number of benzene rings is 1. The summed E-state index contributed by atoms with van der Waals surface area (Å²) in [6.45, 7) is 0.455. The fourth-order valence-electron chi connectivity index (χ4n) is 2.83. The van der Waals surface area contributed by atoms with Crippen LogP contribution in [0.1, 0.15) is 17.9 Å². The van der Waals surface area contributed by atoms with Crippen LogP contribution in [0.3, 0.4) is 0 Å². The van der Waals surface area contributed by atoms with Gasteiger partial charge in [0.1, 0.15) is 5.82 Å². The van der Waals surface area contributed by atoms with Gasteiger partial charge in [0.05, 0.1) is 17.3 Å². The van der Waals surface area contributed by atoms with Crippen LogP contribution in [0, 0.1) is 11.7 Å². The largest absolute Gasteiger partial charge is 0.416 e. The Kier molecular flexibility index (Phi) is 6.48. The van der Waals surface area contributed by atoms with Crippen LogP contribution in [0.2, 0.25) is 0 Å². The van der Waals surface area contributed by atoms with E-state index in [0.29, 0.717) is 36.9 Å². The first-order chi connectivity index (χ1) is 12.9. The van der Waals surface area contributed by atoms with Crippen LogP contribution in [0.25, 0.3) is 0 Å². The molecule has 0 aliphatic carbocycles. The van der Waals surface area contributed by atoms with Gasteiger partial charge in [-0.05, 0) is 36.5 Å². The molecule has 1 aliphatic rings. The van der Waals surface area contributed by atoms with Gasteiger partial charge in [-0.25, -0.2) is 12.8 Å². The number of hydrogen-bond donors (Lipinski definition) is 1. The Labute approximate surface area is 161 Å². The maximum absolute atomic E-state index is 12.8. The first kappa shape index (κ1) is 19.8. The molecule has 10 heteroatoms. The zero-order chi connectivity index (χ0) is 19.3. The van der Waals surface area contributed by atoms with Crippen LogP contribution in [-0.4, -0.2) is 48.3 Å². The second-order valence-corrected chi connectivity index (χ2v) is 9.61. The highest BCUT2D eigenvalue weighted by atomic mass is 32.2. The maximum Gasteiger partial charge on any atom is 0.277 e. The van der Waals surface area contributed by atoms with Gasteiger partial charge < -0.3 is 9.73 Å². The number of sulfone groups is 1. The zero-order valence-electron chi connectivity index (χ0n) is 14.6. The van der Waals surface area contributed by atoms with Gasteiger partial charge in [0.25, 0.3) is 5.22 Å². The molecule has 1 aromatic carbocycles. The van der Waals surface area contributed by atoms with Gasteiger partial charge in [-0.15, -0.1) is 10.2 Å². The number of thioether (sulfide) groups is 1. The minimum atomic E-state index is -2.93. The summed E-state index contributed by atoms with van der Waals surface area (Å²) in [7, 11) is -2.93. The first-order valence-corrected chi connectivity index (χ1v) is 11.4. The van der Waals surface area contributed by atoms with E-state index in [1.165, 1.54) is 12.1 Å². The molecule has 1 saturated heterocycles. The summed E-state index contributed by atoms with van der Waals surface area (Å²) in [5, 5.41) is 10.9. The Morgan fingerprint density at radius 2 is 2.07 bits per heavy atom. The van der Waals surface area contributed by atoms with E-state index >= 15 is 0 Å². The molecule has 2 aromatic rings. The van der Waals surface area contributed by atoms with E-state index in [1.807, 2.05) is 0 Å². The van der Waals surface area contributed by atoms with Gasteiger partial charge in [-0.2, -0.15) is 0 Å². The molecule has 1 N–H and O–H groups in total. The molecule has 1 amide bonds. The number of carbonyl (C=O) groups excluding carboxylic acids is 1. The molecule has 1 atom stereocenters. The van der Waals surface area contributed by atoms with Crippen molar-refractivity contribution in [3.63, 3.8) is 0 Å². The third kappa shape index (κ3) is 6.31. The molecule has 0 unspecified atom stereocenters. The fourth-order valence-corrected chi connectivity index (χ4v) is 5.31. The number of amides is 1. The van der Waals surface area contributed by atoms with Crippen molar-refractivity contribution in [2.45, 2.75) is 24.5 Å². The van der Waals surface area contributed by atoms with Crippen LogP contribution in [0.4, 0.5) is 4.39 Å². The summed E-state index contributed by atoms with van der Waals surface area (Å²) in [5.74, 6) is 0.485. The van der Waals surface area contributed by atoms with Crippen LogP contribution >= 0.6 is 11.8 Å². The Balaban J connectivity index is 1.36. The average Bonchev–Trinajstić information content (AvgIpc) is 3.21. The van der Waals surface area contributed by atoms with Crippen LogP contribution in [0.15, 0.2) is 33.9 Å². The van der Waals surface area contributed by atoms with Crippen LogP contribution in [0.5, 0.6) is 0 Å². The topological polar surface area (TPSA) is 102 Å². The lowest BCUT2D eigenvalue weighted by Gasteiger charge is -2.04. The van der Waals surface area contributed by atoms with Crippen molar-refractivity contribution < 1.29 is 22.0 Å². The van der Waals surface area contributed by atoms with E-state index in [1.54, 1.807) is 12.1 Å². The van der Waals surface area contributed by atoms with Gasteiger partial charge >= 0.3 is 0 Å². The highest BCUT2D eigenvalue weighted by Crippen LogP contribution is 2.23. The second-order valence-electron chi connectivity index (χ2n) is 6.45. The molecule has 0 bridgehead atoms. The predicted octanol–water partition coefficient (Wildman–Crippen LogP) is 1.64. The Bertz CT molecular complexity index is 884. The smallest absolute Gasteiger partial charge is 0.277 e.